The molecule has 1 saturated heterocycles. The summed E-state index contributed by atoms with van der Waals surface area (Å²) < 4.78 is 7.24. The molecule has 0 atom stereocenters. The van der Waals surface area contributed by atoms with Crippen molar-refractivity contribution < 1.29 is 14.3 Å². The van der Waals surface area contributed by atoms with Gasteiger partial charge in [-0.3, -0.25) is 9.59 Å². The van der Waals surface area contributed by atoms with Crippen molar-refractivity contribution in [1.82, 2.24) is 9.47 Å². The minimum Gasteiger partial charge on any atom is -0.399 e. The molecule has 1 aliphatic heterocycles. The molecule has 30 heavy (non-hydrogen) atoms. The zero-order valence-electron chi connectivity index (χ0n) is 16.8. The monoisotopic (exact) mass is 428 g/mol. The number of anilines is 2. The van der Waals surface area contributed by atoms with E-state index in [0.717, 1.165) is 16.5 Å². The molecule has 2 amide bonds. The molecule has 1 aliphatic rings. The number of rotatable bonds is 4. The van der Waals surface area contributed by atoms with Gasteiger partial charge in [0.05, 0.1) is 13.2 Å². The van der Waals surface area contributed by atoms with Gasteiger partial charge < -0.3 is 25.3 Å². The van der Waals surface area contributed by atoms with E-state index >= 15 is 0 Å². The van der Waals surface area contributed by atoms with Gasteiger partial charge in [0.25, 0.3) is 5.91 Å². The SMILES string of the molecule is Cc1ccc(N)cc1C(=O)Nc1ccc2c(ccn2CC(=O)N2CCOCC2)c1.Cl. The lowest BCUT2D eigenvalue weighted by atomic mass is 10.1. The van der Waals surface area contributed by atoms with Gasteiger partial charge in [0.15, 0.2) is 0 Å². The zero-order valence-corrected chi connectivity index (χ0v) is 17.6. The van der Waals surface area contributed by atoms with Gasteiger partial charge >= 0.3 is 0 Å². The number of nitrogens with one attached hydrogen (secondary N) is 1. The van der Waals surface area contributed by atoms with Crippen LogP contribution in [0.25, 0.3) is 10.9 Å². The minimum absolute atomic E-state index is 0. The standard InChI is InChI=1S/C22H24N4O3.ClH/c1-15-2-3-17(23)13-19(15)22(28)24-18-4-5-20-16(12-18)6-7-26(20)14-21(27)25-8-10-29-11-9-25;/h2-7,12-13H,8-11,14,23H2,1H3,(H,24,28);1H. The summed E-state index contributed by atoms with van der Waals surface area (Å²) in [5, 5.41) is 3.89. The number of aromatic nitrogens is 1. The Hall–Kier alpha value is -3.03. The first-order valence-corrected chi connectivity index (χ1v) is 9.63. The van der Waals surface area contributed by atoms with Crippen LogP contribution >= 0.6 is 12.4 Å². The summed E-state index contributed by atoms with van der Waals surface area (Å²) in [4.78, 5) is 27.0. The molecule has 2 heterocycles. The van der Waals surface area contributed by atoms with E-state index in [2.05, 4.69) is 5.32 Å². The molecule has 1 fully saturated rings. The molecule has 3 N–H and O–H groups in total. The average Bonchev–Trinajstić information content (AvgIpc) is 3.12. The van der Waals surface area contributed by atoms with E-state index in [1.165, 1.54) is 0 Å². The van der Waals surface area contributed by atoms with Crippen LogP contribution < -0.4 is 11.1 Å². The van der Waals surface area contributed by atoms with E-state index < -0.39 is 0 Å². The Balaban J connectivity index is 0.00000256. The number of benzene rings is 2. The molecule has 0 unspecified atom stereocenters. The van der Waals surface area contributed by atoms with Crippen LogP contribution in [0.3, 0.4) is 0 Å². The number of nitrogen functional groups attached to an aromatic ring is 1. The normalized spacial score (nSPS) is 13.7. The van der Waals surface area contributed by atoms with Crippen molar-refractivity contribution in [3.8, 4) is 0 Å². The number of ether oxygens (including phenoxy) is 1. The van der Waals surface area contributed by atoms with E-state index in [4.69, 9.17) is 10.5 Å². The van der Waals surface area contributed by atoms with Crippen LogP contribution in [0.5, 0.6) is 0 Å². The van der Waals surface area contributed by atoms with Crippen molar-refractivity contribution in [3.63, 3.8) is 0 Å². The van der Waals surface area contributed by atoms with E-state index in [-0.39, 0.29) is 30.8 Å². The summed E-state index contributed by atoms with van der Waals surface area (Å²) in [7, 11) is 0. The predicted molar refractivity (Wildman–Crippen MR) is 120 cm³/mol. The lowest BCUT2D eigenvalue weighted by molar-refractivity contribution is -0.135. The Bertz CT molecular complexity index is 1070. The van der Waals surface area contributed by atoms with Gasteiger partial charge in [0.2, 0.25) is 5.91 Å². The van der Waals surface area contributed by atoms with Gasteiger partial charge in [-0.05, 0) is 48.9 Å². The third kappa shape index (κ3) is 4.58. The summed E-state index contributed by atoms with van der Waals surface area (Å²) >= 11 is 0. The first kappa shape index (κ1) is 21.7. The number of carbonyl (C=O) groups excluding carboxylic acids is 2. The molecular formula is C22H25ClN4O3. The molecule has 4 rings (SSSR count). The molecule has 0 bridgehead atoms. The van der Waals surface area contributed by atoms with Crippen molar-refractivity contribution in [1.29, 1.82) is 0 Å². The topological polar surface area (TPSA) is 89.6 Å². The molecule has 0 spiro atoms. The van der Waals surface area contributed by atoms with Crippen LogP contribution in [-0.4, -0.2) is 47.6 Å². The Morgan fingerprint density at radius 1 is 1.10 bits per heavy atom. The Morgan fingerprint density at radius 2 is 1.87 bits per heavy atom. The summed E-state index contributed by atoms with van der Waals surface area (Å²) in [5.41, 5.74) is 9.43. The van der Waals surface area contributed by atoms with Gasteiger partial charge in [-0.1, -0.05) is 6.07 Å². The van der Waals surface area contributed by atoms with Crippen LogP contribution in [0.15, 0.2) is 48.7 Å². The highest BCUT2D eigenvalue weighted by atomic mass is 35.5. The highest BCUT2D eigenvalue weighted by molar-refractivity contribution is 6.06. The van der Waals surface area contributed by atoms with Crippen LogP contribution in [0, 0.1) is 6.92 Å². The van der Waals surface area contributed by atoms with E-state index in [1.54, 1.807) is 12.1 Å². The highest BCUT2D eigenvalue weighted by Crippen LogP contribution is 2.22. The zero-order chi connectivity index (χ0) is 20.4. The summed E-state index contributed by atoms with van der Waals surface area (Å²) in [6, 6.07) is 12.9. The number of aryl methyl sites for hydroxylation is 1. The van der Waals surface area contributed by atoms with Gasteiger partial charge in [-0.25, -0.2) is 0 Å². The smallest absolute Gasteiger partial charge is 0.256 e. The number of hydrogen-bond donors (Lipinski definition) is 2. The third-order valence-electron chi connectivity index (χ3n) is 5.20. The molecule has 158 valence electrons. The van der Waals surface area contributed by atoms with Crippen LogP contribution in [0.1, 0.15) is 15.9 Å². The fourth-order valence-corrected chi connectivity index (χ4v) is 3.56. The van der Waals surface area contributed by atoms with Gasteiger partial charge in [0.1, 0.15) is 6.54 Å². The Kier molecular flexibility index (Phi) is 6.64. The number of nitrogens with zero attached hydrogens (tertiary/aromatic N) is 2. The van der Waals surface area contributed by atoms with Crippen molar-refractivity contribution in [2.24, 2.45) is 0 Å². The molecule has 1 aromatic heterocycles. The average molecular weight is 429 g/mol. The molecule has 0 radical (unpaired) electrons. The number of hydrogen-bond acceptors (Lipinski definition) is 4. The fraction of sp³-hybridized carbons (Fsp3) is 0.273. The number of halogens is 1. The lowest BCUT2D eigenvalue weighted by Gasteiger charge is -2.27. The predicted octanol–water partition coefficient (Wildman–Crippen LogP) is 3.06. The first-order chi connectivity index (χ1) is 14.0. The van der Waals surface area contributed by atoms with Crippen molar-refractivity contribution >= 4 is 46.5 Å². The van der Waals surface area contributed by atoms with Crippen molar-refractivity contribution in [2.75, 3.05) is 37.4 Å². The number of amides is 2. The van der Waals surface area contributed by atoms with Crippen LogP contribution in [0.2, 0.25) is 0 Å². The maximum Gasteiger partial charge on any atom is 0.256 e. The molecular weight excluding hydrogens is 404 g/mol. The van der Waals surface area contributed by atoms with Crippen LogP contribution in [0.4, 0.5) is 11.4 Å². The highest BCUT2D eigenvalue weighted by Gasteiger charge is 2.18. The summed E-state index contributed by atoms with van der Waals surface area (Å²) in [5.74, 6) is -0.114. The molecule has 3 aromatic rings. The van der Waals surface area contributed by atoms with E-state index in [9.17, 15) is 9.59 Å². The maximum absolute atomic E-state index is 12.6. The second-order valence-corrected chi connectivity index (χ2v) is 7.24. The molecule has 8 heteroatoms. The molecule has 0 saturated carbocycles. The number of nitrogens with two attached hydrogens (primary N) is 1. The number of fused-ring (bicyclic) bond motifs is 1. The Morgan fingerprint density at radius 3 is 2.63 bits per heavy atom. The largest absolute Gasteiger partial charge is 0.399 e. The quantitative estimate of drug-likeness (QED) is 0.625. The van der Waals surface area contributed by atoms with Gasteiger partial charge in [0, 0.05) is 47.1 Å². The number of carbonyl (C=O) groups is 2. The number of morpholine rings is 1. The molecule has 7 nitrogen and oxygen atoms in total. The first-order valence-electron chi connectivity index (χ1n) is 9.63. The lowest BCUT2D eigenvalue weighted by Crippen LogP contribution is -2.42. The van der Waals surface area contributed by atoms with Crippen LogP contribution in [-0.2, 0) is 16.1 Å². The fourth-order valence-electron chi connectivity index (χ4n) is 3.56. The summed E-state index contributed by atoms with van der Waals surface area (Å²) in [6.45, 7) is 4.62. The van der Waals surface area contributed by atoms with Crippen molar-refractivity contribution in [3.05, 3.63) is 59.8 Å². The third-order valence-corrected chi connectivity index (χ3v) is 5.20. The minimum atomic E-state index is -0.198. The Labute approximate surface area is 181 Å². The summed E-state index contributed by atoms with van der Waals surface area (Å²) in [6.07, 6.45) is 1.90. The van der Waals surface area contributed by atoms with E-state index in [1.807, 2.05) is 52.9 Å². The van der Waals surface area contributed by atoms with E-state index in [0.29, 0.717) is 43.2 Å². The van der Waals surface area contributed by atoms with Gasteiger partial charge in [-0.15, -0.1) is 12.4 Å². The second-order valence-electron chi connectivity index (χ2n) is 7.24. The molecule has 2 aromatic carbocycles. The molecule has 0 aliphatic carbocycles. The second kappa shape index (κ2) is 9.19. The maximum atomic E-state index is 12.6. The van der Waals surface area contributed by atoms with Gasteiger partial charge in [-0.2, -0.15) is 0 Å². The van der Waals surface area contributed by atoms with Crippen molar-refractivity contribution in [2.45, 2.75) is 13.5 Å².